The summed E-state index contributed by atoms with van der Waals surface area (Å²) in [6.45, 7) is 0. The molecule has 0 atom stereocenters. The van der Waals surface area contributed by atoms with Gasteiger partial charge in [0.25, 0.3) is 0 Å². The number of para-hydroxylation sites is 2. The number of hydrogen-bond acceptors (Lipinski definition) is 3. The van der Waals surface area contributed by atoms with E-state index in [0.717, 1.165) is 77.3 Å². The summed E-state index contributed by atoms with van der Waals surface area (Å²) in [6.07, 6.45) is 0. The molecule has 0 amide bonds. The summed E-state index contributed by atoms with van der Waals surface area (Å²) in [6, 6.07) is 62.0. The summed E-state index contributed by atoms with van der Waals surface area (Å²) in [7, 11) is 0. The topological polar surface area (TPSA) is 29.5 Å². The first-order chi connectivity index (χ1) is 24.3. The summed E-state index contributed by atoms with van der Waals surface area (Å²) >= 11 is 0. The molecule has 0 aliphatic rings. The second-order valence-corrected chi connectivity index (χ2v) is 12.5. The van der Waals surface area contributed by atoms with Crippen molar-refractivity contribution in [1.82, 2.24) is 0 Å². The van der Waals surface area contributed by atoms with Crippen LogP contribution in [0.4, 0.5) is 17.1 Å². The normalized spacial score (nSPS) is 11.7. The molecule has 0 aliphatic carbocycles. The molecule has 0 bridgehead atoms. The summed E-state index contributed by atoms with van der Waals surface area (Å²) in [5, 5.41) is 6.66. The molecule has 2 heterocycles. The molecule has 0 spiro atoms. The maximum absolute atomic E-state index is 6.84. The lowest BCUT2D eigenvalue weighted by molar-refractivity contribution is 0.669. The average Bonchev–Trinajstić information content (AvgIpc) is 3.75. The van der Waals surface area contributed by atoms with Crippen molar-refractivity contribution in [3.63, 3.8) is 0 Å². The van der Waals surface area contributed by atoms with E-state index < -0.39 is 0 Å². The van der Waals surface area contributed by atoms with Crippen LogP contribution >= 0.6 is 0 Å². The monoisotopic (exact) mass is 627 g/mol. The van der Waals surface area contributed by atoms with Gasteiger partial charge in [0.15, 0.2) is 5.58 Å². The van der Waals surface area contributed by atoms with Crippen molar-refractivity contribution < 1.29 is 8.83 Å². The van der Waals surface area contributed by atoms with Crippen LogP contribution in [0.1, 0.15) is 0 Å². The second-order valence-electron chi connectivity index (χ2n) is 12.5. The maximum Gasteiger partial charge on any atom is 0.159 e. The molecular weight excluding hydrogens is 599 g/mol. The van der Waals surface area contributed by atoms with E-state index in [1.54, 1.807) is 0 Å². The summed E-state index contributed by atoms with van der Waals surface area (Å²) in [4.78, 5) is 2.30. The molecule has 10 aromatic rings. The number of benzene rings is 8. The highest BCUT2D eigenvalue weighted by molar-refractivity contribution is 6.17. The first-order valence-corrected chi connectivity index (χ1v) is 16.6. The first kappa shape index (κ1) is 27.5. The highest BCUT2D eigenvalue weighted by Crippen LogP contribution is 2.45. The van der Waals surface area contributed by atoms with Crippen LogP contribution in [0, 0.1) is 0 Å². The van der Waals surface area contributed by atoms with Gasteiger partial charge in [-0.1, -0.05) is 127 Å². The number of fused-ring (bicyclic) bond motifs is 8. The Kier molecular flexibility index (Phi) is 6.18. The van der Waals surface area contributed by atoms with Crippen molar-refractivity contribution in [3.8, 4) is 22.3 Å². The molecule has 0 N–H and O–H groups in total. The molecule has 3 nitrogen and oxygen atoms in total. The zero-order chi connectivity index (χ0) is 32.3. The van der Waals surface area contributed by atoms with Crippen LogP contribution in [-0.4, -0.2) is 0 Å². The van der Waals surface area contributed by atoms with Gasteiger partial charge in [-0.05, 0) is 76.2 Å². The zero-order valence-electron chi connectivity index (χ0n) is 26.5. The molecule has 0 radical (unpaired) electrons. The van der Waals surface area contributed by atoms with Crippen molar-refractivity contribution in [2.75, 3.05) is 4.90 Å². The molecule has 0 saturated carbocycles. The minimum atomic E-state index is 0.853. The smallest absolute Gasteiger partial charge is 0.159 e. The molecule has 3 heteroatoms. The van der Waals surface area contributed by atoms with E-state index in [2.05, 4.69) is 169 Å². The van der Waals surface area contributed by atoms with Gasteiger partial charge in [-0.25, -0.2) is 0 Å². The fraction of sp³-hybridized carbons (Fsp3) is 0. The number of anilines is 3. The first-order valence-electron chi connectivity index (χ1n) is 16.6. The molecule has 0 aliphatic heterocycles. The van der Waals surface area contributed by atoms with Gasteiger partial charge >= 0.3 is 0 Å². The fourth-order valence-electron chi connectivity index (χ4n) is 7.26. The van der Waals surface area contributed by atoms with Crippen molar-refractivity contribution in [2.45, 2.75) is 0 Å². The van der Waals surface area contributed by atoms with E-state index in [0.29, 0.717) is 0 Å². The van der Waals surface area contributed by atoms with Gasteiger partial charge < -0.3 is 13.7 Å². The summed E-state index contributed by atoms with van der Waals surface area (Å²) in [5.41, 5.74) is 11.3. The Morgan fingerprint density at radius 3 is 1.71 bits per heavy atom. The van der Waals surface area contributed by atoms with Gasteiger partial charge in [-0.15, -0.1) is 0 Å². The van der Waals surface area contributed by atoms with Crippen LogP contribution in [0.3, 0.4) is 0 Å². The third kappa shape index (κ3) is 4.51. The molecular formula is C46H29NO2. The van der Waals surface area contributed by atoms with Gasteiger partial charge in [0.2, 0.25) is 0 Å². The minimum absolute atomic E-state index is 0.853. The van der Waals surface area contributed by atoms with Crippen LogP contribution in [0.25, 0.3) is 76.9 Å². The molecule has 0 saturated heterocycles. The van der Waals surface area contributed by atoms with E-state index in [1.807, 2.05) is 12.1 Å². The number of hydrogen-bond donors (Lipinski definition) is 0. The van der Waals surface area contributed by atoms with E-state index in [9.17, 15) is 0 Å². The van der Waals surface area contributed by atoms with Gasteiger partial charge in [-0.3, -0.25) is 0 Å². The zero-order valence-corrected chi connectivity index (χ0v) is 26.5. The minimum Gasteiger partial charge on any atom is -0.456 e. The SMILES string of the molecule is c1ccc(-c2ccc(-c3ccc(N(c4ccc5oc6ccccc6c5c4)c4cccc5c4oc4c6ccccc6ccc54)cc3)cc2)cc1. The fourth-order valence-corrected chi connectivity index (χ4v) is 7.26. The van der Waals surface area contributed by atoms with Crippen molar-refractivity contribution in [3.05, 3.63) is 176 Å². The number of furan rings is 2. The second kappa shape index (κ2) is 11.0. The van der Waals surface area contributed by atoms with Gasteiger partial charge in [-0.2, -0.15) is 0 Å². The molecule has 49 heavy (non-hydrogen) atoms. The third-order valence-corrected chi connectivity index (χ3v) is 9.68. The van der Waals surface area contributed by atoms with E-state index in [1.165, 1.54) is 16.7 Å². The largest absolute Gasteiger partial charge is 0.456 e. The molecule has 230 valence electrons. The molecule has 0 fully saturated rings. The van der Waals surface area contributed by atoms with Gasteiger partial charge in [0.1, 0.15) is 16.7 Å². The van der Waals surface area contributed by atoms with Crippen LogP contribution in [0.5, 0.6) is 0 Å². The molecule has 8 aromatic carbocycles. The maximum atomic E-state index is 6.84. The van der Waals surface area contributed by atoms with E-state index in [4.69, 9.17) is 8.83 Å². The van der Waals surface area contributed by atoms with Crippen LogP contribution in [0.2, 0.25) is 0 Å². The third-order valence-electron chi connectivity index (χ3n) is 9.68. The van der Waals surface area contributed by atoms with Crippen LogP contribution in [0.15, 0.2) is 185 Å². The molecule has 0 unspecified atom stereocenters. The molecule has 2 aromatic heterocycles. The highest BCUT2D eigenvalue weighted by Gasteiger charge is 2.21. The predicted octanol–water partition coefficient (Wildman–Crippen LogP) is 13.4. The van der Waals surface area contributed by atoms with Crippen molar-refractivity contribution in [1.29, 1.82) is 0 Å². The number of rotatable bonds is 5. The highest BCUT2D eigenvalue weighted by atomic mass is 16.3. The Balaban J connectivity index is 1.14. The van der Waals surface area contributed by atoms with Crippen LogP contribution in [-0.2, 0) is 0 Å². The van der Waals surface area contributed by atoms with E-state index in [-0.39, 0.29) is 0 Å². The standard InChI is InChI=1S/C46H29NO2/c1-2-9-30(10-3-1)31-17-19-32(20-18-31)33-21-24-35(25-22-33)47(36-26-28-44-41(29-36)38-13-6-7-16-43(38)48-44)42-15-8-14-39-40-27-23-34-11-4-5-12-37(34)45(40)49-46(39)42/h1-29H. The van der Waals surface area contributed by atoms with E-state index >= 15 is 0 Å². The van der Waals surface area contributed by atoms with Crippen molar-refractivity contribution >= 4 is 71.7 Å². The van der Waals surface area contributed by atoms with Crippen LogP contribution < -0.4 is 4.90 Å². The Bertz CT molecular complexity index is 2810. The Hall–Kier alpha value is -6.58. The average molecular weight is 628 g/mol. The Morgan fingerprint density at radius 2 is 0.918 bits per heavy atom. The quantitative estimate of drug-likeness (QED) is 0.190. The van der Waals surface area contributed by atoms with Gasteiger partial charge in [0, 0.05) is 38.3 Å². The van der Waals surface area contributed by atoms with Gasteiger partial charge in [0.05, 0.1) is 5.69 Å². The van der Waals surface area contributed by atoms with Crippen molar-refractivity contribution in [2.24, 2.45) is 0 Å². The summed E-state index contributed by atoms with van der Waals surface area (Å²) < 4.78 is 13.1. The Labute approximate surface area is 282 Å². The lowest BCUT2D eigenvalue weighted by Crippen LogP contribution is -2.10. The summed E-state index contributed by atoms with van der Waals surface area (Å²) in [5.74, 6) is 0. The number of nitrogens with zero attached hydrogens (tertiary/aromatic N) is 1. The predicted molar refractivity (Wildman–Crippen MR) is 204 cm³/mol. The molecule has 10 rings (SSSR count). The lowest BCUT2D eigenvalue weighted by Gasteiger charge is -2.26. The Morgan fingerprint density at radius 1 is 0.327 bits per heavy atom. The lowest BCUT2D eigenvalue weighted by atomic mass is 10.00.